The maximum absolute atomic E-state index is 13.3. The number of halogens is 2. The van der Waals surface area contributed by atoms with Gasteiger partial charge in [0.2, 0.25) is 0 Å². The van der Waals surface area contributed by atoms with Crippen LogP contribution in [-0.2, 0) is 6.42 Å². The Balaban J connectivity index is 2.12. The molecule has 1 amide bonds. The topological polar surface area (TPSA) is 55.5 Å². The SMILES string of the molecule is CCc1on(C(=O)N(c2ccc(F)cc2)C(C)C)c(=O)c1-c1ccccc1Cl. The molecule has 7 heteroatoms. The molecule has 0 atom stereocenters. The monoisotopic (exact) mass is 402 g/mol. The number of aryl methyl sites for hydroxylation is 1. The van der Waals surface area contributed by atoms with Gasteiger partial charge in [-0.2, -0.15) is 0 Å². The number of hydrogen-bond acceptors (Lipinski definition) is 3. The molecule has 0 fully saturated rings. The fourth-order valence-electron chi connectivity index (χ4n) is 3.04. The molecule has 0 aliphatic rings. The highest BCUT2D eigenvalue weighted by atomic mass is 35.5. The van der Waals surface area contributed by atoms with E-state index in [2.05, 4.69) is 0 Å². The van der Waals surface area contributed by atoms with Crippen LogP contribution in [0.2, 0.25) is 5.02 Å². The Morgan fingerprint density at radius 1 is 1.18 bits per heavy atom. The molecule has 0 spiro atoms. The molecule has 0 saturated heterocycles. The van der Waals surface area contributed by atoms with Crippen LogP contribution in [0, 0.1) is 5.82 Å². The van der Waals surface area contributed by atoms with Crippen molar-refractivity contribution < 1.29 is 13.7 Å². The molecule has 28 heavy (non-hydrogen) atoms. The Morgan fingerprint density at radius 3 is 2.39 bits per heavy atom. The van der Waals surface area contributed by atoms with Gasteiger partial charge in [0, 0.05) is 28.7 Å². The van der Waals surface area contributed by atoms with Crippen LogP contribution in [0.3, 0.4) is 0 Å². The second-order valence-electron chi connectivity index (χ2n) is 6.55. The Labute approximate surface area is 166 Å². The summed E-state index contributed by atoms with van der Waals surface area (Å²) in [5.74, 6) is -0.0430. The van der Waals surface area contributed by atoms with Crippen LogP contribution in [0.1, 0.15) is 26.5 Å². The quantitative estimate of drug-likeness (QED) is 0.591. The van der Waals surface area contributed by atoms with Crippen LogP contribution in [0.25, 0.3) is 11.1 Å². The van der Waals surface area contributed by atoms with Crippen molar-refractivity contribution in [3.8, 4) is 11.1 Å². The first-order valence-electron chi connectivity index (χ1n) is 8.94. The molecule has 0 bridgehead atoms. The van der Waals surface area contributed by atoms with Crippen molar-refractivity contribution in [1.82, 2.24) is 4.74 Å². The average molecular weight is 403 g/mol. The molecule has 146 valence electrons. The molecule has 0 saturated carbocycles. The average Bonchev–Trinajstić information content (AvgIpc) is 3.00. The van der Waals surface area contributed by atoms with E-state index in [1.807, 2.05) is 6.92 Å². The molecule has 0 unspecified atom stereocenters. The minimum absolute atomic E-state index is 0.268. The van der Waals surface area contributed by atoms with E-state index >= 15 is 0 Å². The van der Waals surface area contributed by atoms with E-state index in [0.29, 0.717) is 28.5 Å². The maximum atomic E-state index is 13.3. The Bertz CT molecular complexity index is 1050. The van der Waals surface area contributed by atoms with Gasteiger partial charge in [-0.25, -0.2) is 9.18 Å². The minimum Gasteiger partial charge on any atom is -0.371 e. The third-order valence-electron chi connectivity index (χ3n) is 4.34. The Hall–Kier alpha value is -2.86. The molecule has 1 heterocycles. The highest BCUT2D eigenvalue weighted by Gasteiger charge is 2.28. The number of anilines is 1. The maximum Gasteiger partial charge on any atom is 0.365 e. The highest BCUT2D eigenvalue weighted by molar-refractivity contribution is 6.33. The van der Waals surface area contributed by atoms with Crippen molar-refractivity contribution in [3.05, 3.63) is 75.5 Å². The molecule has 3 aromatic rings. The molecule has 5 nitrogen and oxygen atoms in total. The summed E-state index contributed by atoms with van der Waals surface area (Å²) in [6.45, 7) is 5.42. The molecule has 0 aliphatic carbocycles. The summed E-state index contributed by atoms with van der Waals surface area (Å²) < 4.78 is 19.6. The fourth-order valence-corrected chi connectivity index (χ4v) is 3.27. The number of rotatable bonds is 4. The van der Waals surface area contributed by atoms with Crippen molar-refractivity contribution in [3.63, 3.8) is 0 Å². The number of carbonyl (C=O) groups is 1. The van der Waals surface area contributed by atoms with Crippen molar-refractivity contribution in [2.75, 3.05) is 4.90 Å². The zero-order valence-corrected chi connectivity index (χ0v) is 16.5. The van der Waals surface area contributed by atoms with Crippen LogP contribution < -0.4 is 10.5 Å². The molecule has 1 aromatic heterocycles. The summed E-state index contributed by atoms with van der Waals surface area (Å²) in [5, 5.41) is 0.397. The van der Waals surface area contributed by atoms with Crippen LogP contribution in [0.4, 0.5) is 14.9 Å². The fraction of sp³-hybridized carbons (Fsp3) is 0.238. The van der Waals surface area contributed by atoms with Crippen LogP contribution in [-0.4, -0.2) is 16.8 Å². The summed E-state index contributed by atoms with van der Waals surface area (Å²) in [5.41, 5.74) is 0.660. The van der Waals surface area contributed by atoms with Gasteiger partial charge in [0.25, 0.3) is 5.56 Å². The summed E-state index contributed by atoms with van der Waals surface area (Å²) >= 11 is 6.25. The summed E-state index contributed by atoms with van der Waals surface area (Å²) in [6.07, 6.45) is 0.411. The molecular formula is C21H20ClFN2O3. The first-order chi connectivity index (χ1) is 13.3. The van der Waals surface area contributed by atoms with Gasteiger partial charge in [-0.1, -0.05) is 41.5 Å². The van der Waals surface area contributed by atoms with Gasteiger partial charge in [-0.05, 0) is 44.2 Å². The lowest BCUT2D eigenvalue weighted by atomic mass is 10.1. The lowest BCUT2D eigenvalue weighted by Gasteiger charge is -2.25. The van der Waals surface area contributed by atoms with E-state index in [-0.39, 0.29) is 11.6 Å². The van der Waals surface area contributed by atoms with E-state index in [0.717, 1.165) is 4.74 Å². The summed E-state index contributed by atoms with van der Waals surface area (Å²) in [7, 11) is 0. The molecular weight excluding hydrogens is 383 g/mol. The predicted octanol–water partition coefficient (Wildman–Crippen LogP) is 5.35. The van der Waals surface area contributed by atoms with Gasteiger partial charge in [-0.15, -0.1) is 0 Å². The van der Waals surface area contributed by atoms with Crippen molar-refractivity contribution >= 4 is 23.3 Å². The van der Waals surface area contributed by atoms with Gasteiger partial charge in [-0.3, -0.25) is 9.69 Å². The minimum atomic E-state index is -0.653. The normalized spacial score (nSPS) is 11.1. The molecule has 0 N–H and O–H groups in total. The lowest BCUT2D eigenvalue weighted by Crippen LogP contribution is -2.43. The van der Waals surface area contributed by atoms with Gasteiger partial charge in [0.1, 0.15) is 11.6 Å². The van der Waals surface area contributed by atoms with Gasteiger partial charge < -0.3 is 4.52 Å². The number of carbonyl (C=O) groups excluding carboxylic acids is 1. The summed E-state index contributed by atoms with van der Waals surface area (Å²) in [4.78, 5) is 27.6. The number of aromatic nitrogens is 1. The third-order valence-corrected chi connectivity index (χ3v) is 4.67. The van der Waals surface area contributed by atoms with E-state index in [1.165, 1.54) is 29.2 Å². The lowest BCUT2D eigenvalue weighted by molar-refractivity contribution is 0.209. The number of hydrogen-bond donors (Lipinski definition) is 0. The van der Waals surface area contributed by atoms with E-state index < -0.39 is 17.4 Å². The first kappa shape index (κ1) is 19.9. The van der Waals surface area contributed by atoms with E-state index in [1.54, 1.807) is 38.1 Å². The second kappa shape index (κ2) is 8.02. The number of amides is 1. The Morgan fingerprint density at radius 2 is 1.82 bits per heavy atom. The highest BCUT2D eigenvalue weighted by Crippen LogP contribution is 2.29. The molecule has 0 aliphatic heterocycles. The standard InChI is InChI=1S/C21H20ClFN2O3/c1-4-18-19(16-7-5-6-8-17(16)22)20(26)25(28-18)21(27)24(13(2)3)15-11-9-14(23)10-12-15/h5-13H,4H2,1-3H3. The van der Waals surface area contributed by atoms with E-state index in [9.17, 15) is 14.0 Å². The van der Waals surface area contributed by atoms with Crippen LogP contribution in [0.5, 0.6) is 0 Å². The largest absolute Gasteiger partial charge is 0.371 e. The zero-order chi connectivity index (χ0) is 20.4. The van der Waals surface area contributed by atoms with Crippen molar-refractivity contribution in [2.24, 2.45) is 0 Å². The predicted molar refractivity (Wildman–Crippen MR) is 108 cm³/mol. The Kier molecular flexibility index (Phi) is 5.70. The molecule has 2 aromatic carbocycles. The first-order valence-corrected chi connectivity index (χ1v) is 9.32. The van der Waals surface area contributed by atoms with Crippen LogP contribution >= 0.6 is 11.6 Å². The number of nitrogens with zero attached hydrogens (tertiary/aromatic N) is 2. The van der Waals surface area contributed by atoms with Crippen molar-refractivity contribution in [2.45, 2.75) is 33.2 Å². The van der Waals surface area contributed by atoms with Crippen molar-refractivity contribution in [1.29, 1.82) is 0 Å². The zero-order valence-electron chi connectivity index (χ0n) is 15.8. The van der Waals surface area contributed by atoms with Crippen LogP contribution in [0.15, 0.2) is 57.8 Å². The summed E-state index contributed by atoms with van der Waals surface area (Å²) in [6, 6.07) is 11.5. The third kappa shape index (κ3) is 3.60. The van der Waals surface area contributed by atoms with Gasteiger partial charge in [0.05, 0.1) is 5.56 Å². The smallest absolute Gasteiger partial charge is 0.365 e. The van der Waals surface area contributed by atoms with Gasteiger partial charge >= 0.3 is 6.03 Å². The van der Waals surface area contributed by atoms with E-state index in [4.69, 9.17) is 16.1 Å². The number of benzene rings is 2. The second-order valence-corrected chi connectivity index (χ2v) is 6.95. The van der Waals surface area contributed by atoms with Gasteiger partial charge in [0.15, 0.2) is 0 Å². The molecule has 3 rings (SSSR count). The molecule has 0 radical (unpaired) electrons.